The minimum Gasteiger partial charge on any atom is -0.457 e. The SMILES string of the molecule is CCCCCCCCCCc1ccc(-c2ccc(Oc3ccc(C)cc3)cc2)cc1. The van der Waals surface area contributed by atoms with Crippen molar-refractivity contribution in [3.05, 3.63) is 83.9 Å². The Balaban J connectivity index is 1.43. The zero-order chi connectivity index (χ0) is 21.0. The number of aryl methyl sites for hydroxylation is 2. The Kier molecular flexibility index (Phi) is 9.03. The van der Waals surface area contributed by atoms with Crippen LogP contribution in [0.3, 0.4) is 0 Å². The summed E-state index contributed by atoms with van der Waals surface area (Å²) in [7, 11) is 0. The standard InChI is InChI=1S/C29H36O/c1-3-4-5-6-7-8-9-10-11-25-14-16-26(17-15-25)27-18-22-29(23-19-27)30-28-20-12-24(2)13-21-28/h12-23H,3-11H2,1-2H3. The molecule has 0 radical (unpaired) electrons. The summed E-state index contributed by atoms with van der Waals surface area (Å²) in [6.45, 7) is 4.36. The maximum Gasteiger partial charge on any atom is 0.127 e. The maximum atomic E-state index is 5.93. The summed E-state index contributed by atoms with van der Waals surface area (Å²) in [5.74, 6) is 1.74. The van der Waals surface area contributed by atoms with Crippen molar-refractivity contribution in [2.75, 3.05) is 0 Å². The third-order valence-electron chi connectivity index (χ3n) is 5.72. The van der Waals surface area contributed by atoms with E-state index in [0.717, 1.165) is 11.5 Å². The summed E-state index contributed by atoms with van der Waals surface area (Å²) in [6, 6.07) is 25.6. The predicted octanol–water partition coefficient (Wildman–Crippen LogP) is 9.14. The summed E-state index contributed by atoms with van der Waals surface area (Å²) in [6.07, 6.45) is 12.2. The number of rotatable bonds is 12. The van der Waals surface area contributed by atoms with Crippen LogP contribution in [0.25, 0.3) is 11.1 Å². The van der Waals surface area contributed by atoms with Crippen LogP contribution in [0.4, 0.5) is 0 Å². The molecule has 1 heteroatoms. The molecule has 0 spiro atoms. The van der Waals surface area contributed by atoms with Gasteiger partial charge in [-0.3, -0.25) is 0 Å². The lowest BCUT2D eigenvalue weighted by Gasteiger charge is -2.08. The molecule has 158 valence electrons. The zero-order valence-corrected chi connectivity index (χ0v) is 18.7. The molecule has 0 aliphatic rings. The summed E-state index contributed by atoms with van der Waals surface area (Å²) < 4.78 is 5.93. The van der Waals surface area contributed by atoms with Gasteiger partial charge < -0.3 is 4.74 Å². The number of hydrogen-bond acceptors (Lipinski definition) is 1. The largest absolute Gasteiger partial charge is 0.457 e. The monoisotopic (exact) mass is 400 g/mol. The molecule has 30 heavy (non-hydrogen) atoms. The first kappa shape index (κ1) is 22.2. The molecule has 0 fully saturated rings. The van der Waals surface area contributed by atoms with Crippen LogP contribution in [0.1, 0.15) is 69.4 Å². The van der Waals surface area contributed by atoms with Crippen molar-refractivity contribution in [1.82, 2.24) is 0 Å². The highest BCUT2D eigenvalue weighted by atomic mass is 16.5. The van der Waals surface area contributed by atoms with E-state index >= 15 is 0 Å². The van der Waals surface area contributed by atoms with Gasteiger partial charge in [0.1, 0.15) is 11.5 Å². The van der Waals surface area contributed by atoms with Crippen LogP contribution in [0.2, 0.25) is 0 Å². The molecule has 3 aromatic rings. The van der Waals surface area contributed by atoms with Crippen LogP contribution in [-0.4, -0.2) is 0 Å². The van der Waals surface area contributed by atoms with Crippen molar-refractivity contribution in [2.24, 2.45) is 0 Å². The van der Waals surface area contributed by atoms with Gasteiger partial charge in [-0.05, 0) is 60.7 Å². The molecule has 0 saturated heterocycles. The first-order valence-corrected chi connectivity index (χ1v) is 11.7. The number of hydrogen-bond donors (Lipinski definition) is 0. The van der Waals surface area contributed by atoms with Crippen molar-refractivity contribution in [2.45, 2.75) is 71.6 Å². The van der Waals surface area contributed by atoms with E-state index in [9.17, 15) is 0 Å². The Morgan fingerprint density at radius 3 is 1.57 bits per heavy atom. The van der Waals surface area contributed by atoms with E-state index in [2.05, 4.69) is 62.4 Å². The molecule has 0 amide bonds. The van der Waals surface area contributed by atoms with E-state index in [0.29, 0.717) is 0 Å². The number of ether oxygens (including phenoxy) is 1. The van der Waals surface area contributed by atoms with E-state index in [-0.39, 0.29) is 0 Å². The van der Waals surface area contributed by atoms with Crippen LogP contribution < -0.4 is 4.74 Å². The summed E-state index contributed by atoms with van der Waals surface area (Å²) in [5.41, 5.74) is 5.18. The van der Waals surface area contributed by atoms with Gasteiger partial charge >= 0.3 is 0 Å². The molecule has 3 aromatic carbocycles. The van der Waals surface area contributed by atoms with Crippen molar-refractivity contribution in [3.63, 3.8) is 0 Å². The van der Waals surface area contributed by atoms with Gasteiger partial charge in [-0.15, -0.1) is 0 Å². The average molecular weight is 401 g/mol. The minimum atomic E-state index is 0.869. The molecule has 0 heterocycles. The molecular formula is C29H36O. The second-order valence-corrected chi connectivity index (χ2v) is 8.36. The lowest BCUT2D eigenvalue weighted by Crippen LogP contribution is -1.88. The van der Waals surface area contributed by atoms with Crippen molar-refractivity contribution in [1.29, 1.82) is 0 Å². The molecule has 3 rings (SSSR count). The Labute approximate surface area is 183 Å². The molecule has 0 unspecified atom stereocenters. The lowest BCUT2D eigenvalue weighted by atomic mass is 10.0. The molecule has 0 aliphatic heterocycles. The van der Waals surface area contributed by atoms with E-state index in [1.54, 1.807) is 0 Å². The summed E-state index contributed by atoms with van der Waals surface area (Å²) in [5, 5.41) is 0. The van der Waals surface area contributed by atoms with Gasteiger partial charge in [0.2, 0.25) is 0 Å². The van der Waals surface area contributed by atoms with Crippen molar-refractivity contribution in [3.8, 4) is 22.6 Å². The Hall–Kier alpha value is -2.54. The fourth-order valence-electron chi connectivity index (χ4n) is 3.78. The second kappa shape index (κ2) is 12.2. The molecule has 0 saturated carbocycles. The molecule has 0 aromatic heterocycles. The highest BCUT2D eigenvalue weighted by Crippen LogP contribution is 2.26. The topological polar surface area (TPSA) is 9.23 Å². The molecule has 0 atom stereocenters. The normalized spacial score (nSPS) is 10.9. The molecular weight excluding hydrogens is 364 g/mol. The van der Waals surface area contributed by atoms with Crippen molar-refractivity contribution >= 4 is 0 Å². The highest BCUT2D eigenvalue weighted by molar-refractivity contribution is 5.64. The van der Waals surface area contributed by atoms with E-state index in [1.807, 2.05) is 24.3 Å². The summed E-state index contributed by atoms with van der Waals surface area (Å²) in [4.78, 5) is 0. The van der Waals surface area contributed by atoms with Crippen LogP contribution in [0.15, 0.2) is 72.8 Å². The third-order valence-corrected chi connectivity index (χ3v) is 5.72. The van der Waals surface area contributed by atoms with E-state index in [4.69, 9.17) is 4.74 Å². The van der Waals surface area contributed by atoms with Gasteiger partial charge in [0.15, 0.2) is 0 Å². The fraction of sp³-hybridized carbons (Fsp3) is 0.379. The van der Waals surface area contributed by atoms with Gasteiger partial charge in [0, 0.05) is 0 Å². The Bertz CT molecular complexity index is 844. The Morgan fingerprint density at radius 2 is 1.00 bits per heavy atom. The molecule has 0 aliphatic carbocycles. The van der Waals surface area contributed by atoms with Gasteiger partial charge in [0.05, 0.1) is 0 Å². The van der Waals surface area contributed by atoms with Gasteiger partial charge in [-0.2, -0.15) is 0 Å². The minimum absolute atomic E-state index is 0.869. The molecule has 0 N–H and O–H groups in total. The third kappa shape index (κ3) is 7.37. The van der Waals surface area contributed by atoms with Crippen LogP contribution in [0.5, 0.6) is 11.5 Å². The average Bonchev–Trinajstić information content (AvgIpc) is 2.78. The highest BCUT2D eigenvalue weighted by Gasteiger charge is 2.02. The lowest BCUT2D eigenvalue weighted by molar-refractivity contribution is 0.482. The van der Waals surface area contributed by atoms with E-state index in [1.165, 1.54) is 80.0 Å². The maximum absolute atomic E-state index is 5.93. The molecule has 1 nitrogen and oxygen atoms in total. The van der Waals surface area contributed by atoms with Crippen LogP contribution >= 0.6 is 0 Å². The summed E-state index contributed by atoms with van der Waals surface area (Å²) >= 11 is 0. The van der Waals surface area contributed by atoms with Gasteiger partial charge in [-0.25, -0.2) is 0 Å². The van der Waals surface area contributed by atoms with E-state index < -0.39 is 0 Å². The quantitative estimate of drug-likeness (QED) is 0.275. The molecule has 0 bridgehead atoms. The van der Waals surface area contributed by atoms with Gasteiger partial charge in [-0.1, -0.05) is 106 Å². The number of benzene rings is 3. The van der Waals surface area contributed by atoms with Crippen LogP contribution in [-0.2, 0) is 6.42 Å². The van der Waals surface area contributed by atoms with Crippen LogP contribution in [0, 0.1) is 6.92 Å². The first-order chi connectivity index (χ1) is 14.7. The Morgan fingerprint density at radius 1 is 0.533 bits per heavy atom. The van der Waals surface area contributed by atoms with Gasteiger partial charge in [0.25, 0.3) is 0 Å². The zero-order valence-electron chi connectivity index (χ0n) is 18.7. The smallest absolute Gasteiger partial charge is 0.127 e. The van der Waals surface area contributed by atoms with Crippen molar-refractivity contribution < 1.29 is 4.74 Å². The fourth-order valence-corrected chi connectivity index (χ4v) is 3.78. The predicted molar refractivity (Wildman–Crippen MR) is 129 cm³/mol. The first-order valence-electron chi connectivity index (χ1n) is 11.7. The second-order valence-electron chi connectivity index (χ2n) is 8.36. The number of unbranched alkanes of at least 4 members (excludes halogenated alkanes) is 7.